The number of carbonyl (C=O) groups excluding carboxylic acids is 3. The topological polar surface area (TPSA) is 72.9 Å². The maximum atomic E-state index is 13.3. The molecular weight excluding hydrogens is 437 g/mol. The van der Waals surface area contributed by atoms with Crippen LogP contribution in [0.2, 0.25) is 0 Å². The van der Waals surface area contributed by atoms with E-state index >= 15 is 0 Å². The van der Waals surface area contributed by atoms with E-state index in [9.17, 15) is 18.8 Å². The van der Waals surface area contributed by atoms with Crippen LogP contribution in [0, 0.1) is 25.1 Å². The molecule has 1 amide bonds. The summed E-state index contributed by atoms with van der Waals surface area (Å²) in [5.41, 5.74) is 3.87. The van der Waals surface area contributed by atoms with Gasteiger partial charge < -0.3 is 14.4 Å². The molecule has 1 spiro atoms. The Bertz CT molecular complexity index is 1100. The van der Waals surface area contributed by atoms with Crippen LogP contribution in [0.4, 0.5) is 4.39 Å². The first-order valence-corrected chi connectivity index (χ1v) is 11.7. The zero-order valence-corrected chi connectivity index (χ0v) is 19.4. The van der Waals surface area contributed by atoms with Gasteiger partial charge in [-0.15, -0.1) is 0 Å². The molecule has 6 nitrogen and oxygen atoms in total. The molecule has 0 aromatic heterocycles. The first-order chi connectivity index (χ1) is 16.3. The lowest BCUT2D eigenvalue weighted by Crippen LogP contribution is -2.64. The van der Waals surface area contributed by atoms with Crippen molar-refractivity contribution in [2.24, 2.45) is 5.41 Å². The van der Waals surface area contributed by atoms with Crippen molar-refractivity contribution in [1.29, 1.82) is 0 Å². The third-order valence-electron chi connectivity index (χ3n) is 7.26. The van der Waals surface area contributed by atoms with Gasteiger partial charge in [0.25, 0.3) is 5.91 Å². The Balaban J connectivity index is 1.31. The van der Waals surface area contributed by atoms with Crippen LogP contribution in [0.3, 0.4) is 0 Å². The van der Waals surface area contributed by atoms with Gasteiger partial charge in [-0.2, -0.15) is 0 Å². The summed E-state index contributed by atoms with van der Waals surface area (Å²) in [4.78, 5) is 40.9. The van der Waals surface area contributed by atoms with Crippen LogP contribution in [0.5, 0.6) is 0 Å². The third-order valence-corrected chi connectivity index (χ3v) is 7.26. The largest absolute Gasteiger partial charge is 0.376 e. The number of hydrogen-bond donors (Lipinski definition) is 0. The molecule has 0 N–H and O–H groups in total. The predicted octanol–water partition coefficient (Wildman–Crippen LogP) is 3.37. The summed E-state index contributed by atoms with van der Waals surface area (Å²) in [6.45, 7) is 5.75. The molecule has 3 fully saturated rings. The summed E-state index contributed by atoms with van der Waals surface area (Å²) in [6.07, 6.45) is -0.0273. The van der Waals surface area contributed by atoms with Crippen LogP contribution < -0.4 is 0 Å². The maximum absolute atomic E-state index is 13.3. The van der Waals surface area contributed by atoms with E-state index in [-0.39, 0.29) is 42.7 Å². The van der Waals surface area contributed by atoms with E-state index < -0.39 is 17.4 Å². The first kappa shape index (κ1) is 22.9. The van der Waals surface area contributed by atoms with Gasteiger partial charge in [0.15, 0.2) is 6.10 Å². The van der Waals surface area contributed by atoms with Crippen LogP contribution in [0.25, 0.3) is 11.1 Å². The van der Waals surface area contributed by atoms with Gasteiger partial charge in [-0.1, -0.05) is 24.3 Å². The van der Waals surface area contributed by atoms with Crippen LogP contribution in [0.1, 0.15) is 35.4 Å². The summed E-state index contributed by atoms with van der Waals surface area (Å²) in [5, 5.41) is 0. The Labute approximate surface area is 198 Å². The highest BCUT2D eigenvalue weighted by Gasteiger charge is 2.54. The fourth-order valence-corrected chi connectivity index (χ4v) is 5.72. The number of hydrogen-bond acceptors (Lipinski definition) is 5. The number of carbonyl (C=O) groups is 3. The molecule has 7 heteroatoms. The van der Waals surface area contributed by atoms with Gasteiger partial charge in [0.2, 0.25) is 0 Å². The number of amides is 1. The average Bonchev–Trinajstić information content (AvgIpc) is 2.79. The van der Waals surface area contributed by atoms with Crippen molar-refractivity contribution in [1.82, 2.24) is 4.90 Å². The van der Waals surface area contributed by atoms with Gasteiger partial charge in [-0.3, -0.25) is 14.4 Å². The molecule has 2 heterocycles. The van der Waals surface area contributed by atoms with Crippen molar-refractivity contribution in [3.05, 3.63) is 58.9 Å². The Morgan fingerprint density at radius 3 is 2.15 bits per heavy atom. The summed E-state index contributed by atoms with van der Waals surface area (Å²) in [6, 6.07) is 10.2. The van der Waals surface area contributed by atoms with Crippen LogP contribution in [0.15, 0.2) is 36.4 Å². The zero-order chi connectivity index (χ0) is 24.0. The van der Waals surface area contributed by atoms with Gasteiger partial charge in [0.1, 0.15) is 23.3 Å². The Kier molecular flexibility index (Phi) is 5.86. The fourth-order valence-electron chi connectivity index (χ4n) is 5.72. The minimum absolute atomic E-state index is 0.0821. The monoisotopic (exact) mass is 465 g/mol. The molecule has 34 heavy (non-hydrogen) atoms. The predicted molar refractivity (Wildman–Crippen MR) is 123 cm³/mol. The SMILES string of the molecule is Cc1cc(-c2ccc(F)cc2)cc(C)c1C1C(=O)CC2(CC1=O)CN(C(=O)C1COCCO1)C2. The van der Waals surface area contributed by atoms with Crippen molar-refractivity contribution in [3.63, 3.8) is 0 Å². The van der Waals surface area contributed by atoms with Crippen molar-refractivity contribution in [3.8, 4) is 11.1 Å². The highest BCUT2D eigenvalue weighted by atomic mass is 19.1. The van der Waals surface area contributed by atoms with E-state index in [0.29, 0.717) is 26.3 Å². The second-order valence-electron chi connectivity index (χ2n) is 9.88. The average molecular weight is 466 g/mol. The molecule has 1 saturated carbocycles. The molecule has 3 aliphatic rings. The zero-order valence-electron chi connectivity index (χ0n) is 19.4. The molecule has 2 aromatic carbocycles. The standard InChI is InChI=1S/C27H28FNO5/c1-16-9-19(18-3-5-20(28)6-4-18)10-17(2)24(16)25-21(30)11-27(12-22(25)31)14-29(15-27)26(32)23-13-33-7-8-34-23/h3-6,9-10,23,25H,7-8,11-15H2,1-2H3. The molecule has 1 atom stereocenters. The maximum Gasteiger partial charge on any atom is 0.254 e. The van der Waals surface area contributed by atoms with Gasteiger partial charge in [0.05, 0.1) is 19.8 Å². The number of halogens is 1. The van der Waals surface area contributed by atoms with Crippen molar-refractivity contribution in [2.45, 2.75) is 38.7 Å². The number of benzene rings is 2. The lowest BCUT2D eigenvalue weighted by atomic mass is 9.63. The number of aryl methyl sites for hydroxylation is 2. The van der Waals surface area contributed by atoms with Crippen LogP contribution in [-0.2, 0) is 23.9 Å². The quantitative estimate of drug-likeness (QED) is 0.650. The molecule has 1 unspecified atom stereocenters. The molecule has 2 aliphatic heterocycles. The lowest BCUT2D eigenvalue weighted by molar-refractivity contribution is -0.173. The van der Waals surface area contributed by atoms with Gasteiger partial charge >= 0.3 is 0 Å². The van der Waals surface area contributed by atoms with E-state index in [4.69, 9.17) is 9.47 Å². The number of likely N-dealkylation sites (tertiary alicyclic amines) is 1. The highest BCUT2D eigenvalue weighted by molar-refractivity contribution is 6.11. The molecule has 0 radical (unpaired) electrons. The summed E-state index contributed by atoms with van der Waals surface area (Å²) >= 11 is 0. The second kappa shape index (κ2) is 8.71. The summed E-state index contributed by atoms with van der Waals surface area (Å²) < 4.78 is 24.1. The van der Waals surface area contributed by atoms with E-state index in [2.05, 4.69) is 0 Å². The lowest BCUT2D eigenvalue weighted by Gasteiger charge is -2.53. The molecular formula is C27H28FNO5. The molecule has 0 bridgehead atoms. The second-order valence-corrected chi connectivity index (χ2v) is 9.88. The molecule has 2 saturated heterocycles. The molecule has 2 aromatic rings. The van der Waals surface area contributed by atoms with Crippen molar-refractivity contribution in [2.75, 3.05) is 32.9 Å². The minimum atomic E-state index is -0.771. The Morgan fingerprint density at radius 2 is 1.59 bits per heavy atom. The fraction of sp³-hybridized carbons (Fsp3) is 0.444. The Hall–Kier alpha value is -2.90. The summed E-state index contributed by atoms with van der Waals surface area (Å²) in [7, 11) is 0. The van der Waals surface area contributed by atoms with E-state index in [0.717, 1.165) is 27.8 Å². The number of Topliss-reactive ketones (excluding diaryl/α,β-unsaturated/α-hetero) is 2. The van der Waals surface area contributed by atoms with Crippen LogP contribution >= 0.6 is 0 Å². The van der Waals surface area contributed by atoms with Gasteiger partial charge in [-0.05, 0) is 53.8 Å². The van der Waals surface area contributed by atoms with E-state index in [1.807, 2.05) is 26.0 Å². The normalized spacial score (nSPS) is 22.7. The highest BCUT2D eigenvalue weighted by Crippen LogP contribution is 2.46. The smallest absolute Gasteiger partial charge is 0.254 e. The number of rotatable bonds is 3. The molecule has 1 aliphatic carbocycles. The minimum Gasteiger partial charge on any atom is -0.376 e. The number of ketones is 2. The van der Waals surface area contributed by atoms with Crippen molar-refractivity contribution < 1.29 is 28.2 Å². The van der Waals surface area contributed by atoms with Crippen molar-refractivity contribution >= 4 is 17.5 Å². The molecule has 5 rings (SSSR count). The van der Waals surface area contributed by atoms with E-state index in [1.165, 1.54) is 12.1 Å². The van der Waals surface area contributed by atoms with Crippen LogP contribution in [-0.4, -0.2) is 61.4 Å². The third kappa shape index (κ3) is 4.07. The first-order valence-electron chi connectivity index (χ1n) is 11.7. The molecule has 178 valence electrons. The number of ether oxygens (including phenoxy) is 2. The number of nitrogens with zero attached hydrogens (tertiary/aromatic N) is 1. The Morgan fingerprint density at radius 1 is 0.971 bits per heavy atom. The van der Waals surface area contributed by atoms with Gasteiger partial charge in [0, 0.05) is 31.3 Å². The van der Waals surface area contributed by atoms with Gasteiger partial charge in [-0.25, -0.2) is 4.39 Å². The summed E-state index contributed by atoms with van der Waals surface area (Å²) in [5.74, 6) is -1.36. The van der Waals surface area contributed by atoms with E-state index in [1.54, 1.807) is 17.0 Å².